The predicted molar refractivity (Wildman–Crippen MR) is 43.7 cm³/mol. The average molecular weight is 158 g/mol. The van der Waals surface area contributed by atoms with Gasteiger partial charge in [-0.05, 0) is 20.7 Å². The van der Waals surface area contributed by atoms with Gasteiger partial charge in [-0.3, -0.25) is 0 Å². The van der Waals surface area contributed by atoms with Crippen LogP contribution in [-0.2, 0) is 0 Å². The maximum atomic E-state index is 4.07. The number of thiol groups is 1. The first-order valence-electron chi connectivity index (χ1n) is 1.67. The lowest BCUT2D eigenvalue weighted by atomic mass is 11.0. The van der Waals surface area contributed by atoms with Crippen LogP contribution in [0.4, 0.5) is 0 Å². The van der Waals surface area contributed by atoms with E-state index in [9.17, 15) is 0 Å². The zero-order valence-electron chi connectivity index (χ0n) is 3.56. The van der Waals surface area contributed by atoms with Gasteiger partial charge in [0.05, 0.1) is 0 Å². The summed E-state index contributed by atoms with van der Waals surface area (Å²) in [4.78, 5) is 0. The van der Waals surface area contributed by atoms with E-state index in [0.717, 1.165) is 14.9 Å². The van der Waals surface area contributed by atoms with Crippen molar-refractivity contribution >= 4 is 38.6 Å². The lowest BCUT2D eigenvalue weighted by Crippen LogP contribution is -1.47. The summed E-state index contributed by atoms with van der Waals surface area (Å²) >= 11 is 6.05. The molecular formula is C2H8P2S2. The Labute approximate surface area is 51.6 Å². The Balaban J connectivity index is 2.34. The summed E-state index contributed by atoms with van der Waals surface area (Å²) in [6, 6.07) is 0. The fourth-order valence-electron chi connectivity index (χ4n) is 0.104. The van der Waals surface area contributed by atoms with Crippen LogP contribution in [-0.4, -0.2) is 5.75 Å². The quantitative estimate of drug-likeness (QED) is 0.374. The van der Waals surface area contributed by atoms with Gasteiger partial charge in [-0.2, -0.15) is 0 Å². The molecule has 0 aromatic carbocycles. The maximum Gasteiger partial charge on any atom is -0.00532 e. The van der Waals surface area contributed by atoms with Crippen LogP contribution in [0, 0.1) is 0 Å². The van der Waals surface area contributed by atoms with Gasteiger partial charge >= 0.3 is 0 Å². The highest BCUT2D eigenvalue weighted by Gasteiger charge is 1.74. The third-order valence-corrected chi connectivity index (χ3v) is 6.94. The molecule has 0 saturated carbocycles. The first kappa shape index (κ1) is 7.56. The van der Waals surface area contributed by atoms with E-state index >= 15 is 0 Å². The summed E-state index contributed by atoms with van der Waals surface area (Å²) in [5.41, 5.74) is 0. The topological polar surface area (TPSA) is 0 Å². The minimum atomic E-state index is 0.850. The van der Waals surface area contributed by atoms with Gasteiger partial charge in [0.1, 0.15) is 0 Å². The van der Waals surface area contributed by atoms with Gasteiger partial charge in [0, 0.05) is 0 Å². The molecule has 0 amide bonds. The first-order chi connectivity index (χ1) is 2.91. The molecule has 2 atom stereocenters. The van der Waals surface area contributed by atoms with E-state index in [-0.39, 0.29) is 0 Å². The van der Waals surface area contributed by atoms with Crippen LogP contribution in [0.25, 0.3) is 0 Å². The van der Waals surface area contributed by atoms with Crippen molar-refractivity contribution in [3.05, 3.63) is 0 Å². The first-order valence-corrected chi connectivity index (χ1v) is 7.67. The highest BCUT2D eigenvalue weighted by Crippen LogP contribution is 2.49. The lowest BCUT2D eigenvalue weighted by molar-refractivity contribution is 1.54. The van der Waals surface area contributed by atoms with Crippen LogP contribution in [0.1, 0.15) is 6.92 Å². The molecular weight excluding hydrogens is 150 g/mol. The Morgan fingerprint density at radius 3 is 2.67 bits per heavy atom. The zero-order chi connectivity index (χ0) is 4.83. The average Bonchev–Trinajstić information content (AvgIpc) is 1.61. The molecule has 0 aromatic rings. The van der Waals surface area contributed by atoms with Gasteiger partial charge in [0.25, 0.3) is 0 Å². The molecule has 6 heavy (non-hydrogen) atoms. The number of hydrogen-bond acceptors (Lipinski definition) is 2. The Morgan fingerprint density at radius 2 is 2.50 bits per heavy atom. The van der Waals surface area contributed by atoms with Crippen molar-refractivity contribution in [2.45, 2.75) is 6.92 Å². The molecule has 0 spiro atoms. The van der Waals surface area contributed by atoms with Crippen LogP contribution in [0.2, 0.25) is 0 Å². The molecule has 0 fully saturated rings. The SMILES string of the molecule is CCSPPS. The van der Waals surface area contributed by atoms with Crippen LogP contribution in [0.5, 0.6) is 0 Å². The summed E-state index contributed by atoms with van der Waals surface area (Å²) < 4.78 is 0. The van der Waals surface area contributed by atoms with Crippen molar-refractivity contribution in [2.75, 3.05) is 5.75 Å². The second kappa shape index (κ2) is 6.56. The third-order valence-electron chi connectivity index (χ3n) is 0.262. The Kier molecular flexibility index (Phi) is 8.27. The van der Waals surface area contributed by atoms with Crippen molar-refractivity contribution in [1.29, 1.82) is 0 Å². The minimum absolute atomic E-state index is 0.850. The number of rotatable bonds is 3. The largest absolute Gasteiger partial charge is 0.149 e. The molecule has 0 heterocycles. The summed E-state index contributed by atoms with van der Waals surface area (Å²) in [5, 5.41) is 0. The standard InChI is InChI=1S/C2H8P2S2/c1-2-6-4-3-5/h3-5H,2H2,1H3. The normalized spacial score (nSPS) is 13.0. The third kappa shape index (κ3) is 5.56. The van der Waals surface area contributed by atoms with Gasteiger partial charge in [-0.25, -0.2) is 0 Å². The van der Waals surface area contributed by atoms with Crippen LogP contribution >= 0.6 is 38.6 Å². The van der Waals surface area contributed by atoms with E-state index in [1.807, 2.05) is 11.4 Å². The van der Waals surface area contributed by atoms with E-state index in [0.29, 0.717) is 0 Å². The molecule has 0 aromatic heterocycles. The van der Waals surface area contributed by atoms with E-state index in [4.69, 9.17) is 0 Å². The van der Waals surface area contributed by atoms with Crippen molar-refractivity contribution < 1.29 is 0 Å². The van der Waals surface area contributed by atoms with Crippen LogP contribution in [0.15, 0.2) is 0 Å². The summed E-state index contributed by atoms with van der Waals surface area (Å²) in [5.74, 6) is 1.24. The van der Waals surface area contributed by atoms with Gasteiger partial charge < -0.3 is 0 Å². The van der Waals surface area contributed by atoms with E-state index in [1.165, 1.54) is 5.75 Å². The molecule has 38 valence electrons. The molecule has 0 saturated heterocycles. The molecule has 0 N–H and O–H groups in total. The molecule has 2 unspecified atom stereocenters. The molecule has 0 aliphatic rings. The predicted octanol–water partition coefficient (Wildman–Crippen LogP) is 2.77. The van der Waals surface area contributed by atoms with Crippen molar-refractivity contribution in [3.8, 4) is 0 Å². The van der Waals surface area contributed by atoms with Crippen molar-refractivity contribution in [1.82, 2.24) is 0 Å². The molecule has 0 rings (SSSR count). The molecule has 0 nitrogen and oxygen atoms in total. The Bertz CT molecular complexity index is 21.5. The van der Waals surface area contributed by atoms with Gasteiger partial charge in [-0.15, -0.1) is 23.6 Å². The number of hydrogen-bond donors (Lipinski definition) is 1. The van der Waals surface area contributed by atoms with Gasteiger partial charge in [0.2, 0.25) is 0 Å². The molecule has 0 aliphatic heterocycles. The molecule has 4 heteroatoms. The molecule has 0 bridgehead atoms. The minimum Gasteiger partial charge on any atom is -0.149 e. The van der Waals surface area contributed by atoms with Gasteiger partial charge in [-0.1, -0.05) is 6.92 Å². The van der Waals surface area contributed by atoms with E-state index < -0.39 is 0 Å². The zero-order valence-corrected chi connectivity index (χ0v) is 7.27. The fraction of sp³-hybridized carbons (Fsp3) is 1.00. The Morgan fingerprint density at radius 1 is 1.83 bits per heavy atom. The second-order valence-corrected chi connectivity index (χ2v) is 7.94. The molecule has 0 aliphatic carbocycles. The van der Waals surface area contributed by atoms with E-state index in [1.54, 1.807) is 0 Å². The fourth-order valence-corrected chi connectivity index (χ4v) is 4.56. The van der Waals surface area contributed by atoms with Gasteiger partial charge in [0.15, 0.2) is 0 Å². The highest BCUT2D eigenvalue weighted by atomic mass is 33.0. The smallest absolute Gasteiger partial charge is 0.00532 e. The second-order valence-electron chi connectivity index (χ2n) is 0.647. The Hall–Kier alpha value is 1.56. The van der Waals surface area contributed by atoms with E-state index in [2.05, 4.69) is 19.2 Å². The van der Waals surface area contributed by atoms with Crippen molar-refractivity contribution in [3.63, 3.8) is 0 Å². The monoisotopic (exact) mass is 158 g/mol. The molecule has 0 radical (unpaired) electrons. The van der Waals surface area contributed by atoms with Crippen LogP contribution < -0.4 is 0 Å². The lowest BCUT2D eigenvalue weighted by Gasteiger charge is -1.86. The highest BCUT2D eigenvalue weighted by molar-refractivity contribution is 8.81. The maximum absolute atomic E-state index is 4.07. The summed E-state index contributed by atoms with van der Waals surface area (Å²) in [7, 11) is 1.87. The van der Waals surface area contributed by atoms with Crippen LogP contribution in [0.3, 0.4) is 0 Å². The summed E-state index contributed by atoms with van der Waals surface area (Å²) in [6.45, 7) is 2.17. The summed E-state index contributed by atoms with van der Waals surface area (Å²) in [6.07, 6.45) is 0. The van der Waals surface area contributed by atoms with Crippen molar-refractivity contribution in [2.24, 2.45) is 0 Å².